The van der Waals surface area contributed by atoms with E-state index in [-0.39, 0.29) is 11.6 Å². The number of rotatable bonds is 9. The van der Waals surface area contributed by atoms with Crippen LogP contribution in [0.3, 0.4) is 0 Å². The Morgan fingerprint density at radius 3 is 2.58 bits per heavy atom. The number of phenolic OH excluding ortho intramolecular Hbond substituents is 1. The minimum Gasteiger partial charge on any atom is -0.507 e. The van der Waals surface area contributed by atoms with Gasteiger partial charge in [-0.3, -0.25) is 5.41 Å². The van der Waals surface area contributed by atoms with Crippen molar-refractivity contribution in [1.29, 1.82) is 5.41 Å². The second-order valence-electron chi connectivity index (χ2n) is 6.96. The van der Waals surface area contributed by atoms with E-state index in [1.165, 1.54) is 6.08 Å². The highest BCUT2D eigenvalue weighted by molar-refractivity contribution is 6.03. The van der Waals surface area contributed by atoms with Crippen LogP contribution in [0.1, 0.15) is 37.8 Å². The molecular weight excluding hydrogens is 390 g/mol. The number of anilines is 1. The second-order valence-corrected chi connectivity index (χ2v) is 6.96. The number of hydrogen-bond donors (Lipinski definition) is 3. The van der Waals surface area contributed by atoms with Crippen molar-refractivity contribution >= 4 is 17.5 Å². The Hall–Kier alpha value is -3.72. The molecule has 0 amide bonds. The Morgan fingerprint density at radius 1 is 1.29 bits per heavy atom. The zero-order chi connectivity index (χ0) is 23.0. The Bertz CT molecular complexity index is 1030. The fourth-order valence-corrected chi connectivity index (χ4v) is 3.38. The maximum absolute atomic E-state index is 12.2. The molecule has 31 heavy (non-hydrogen) atoms. The highest BCUT2D eigenvalue weighted by Crippen LogP contribution is 2.39. The molecule has 0 saturated heterocycles. The molecule has 162 valence electrons. The maximum Gasteiger partial charge on any atom is 0.335 e. The van der Waals surface area contributed by atoms with Crippen molar-refractivity contribution in [2.45, 2.75) is 33.6 Å². The summed E-state index contributed by atoms with van der Waals surface area (Å²) in [6, 6.07) is 8.62. The van der Waals surface area contributed by atoms with E-state index in [4.69, 9.17) is 22.3 Å². The van der Waals surface area contributed by atoms with E-state index in [0.717, 1.165) is 18.8 Å². The molecule has 0 bridgehead atoms. The van der Waals surface area contributed by atoms with Crippen molar-refractivity contribution in [3.63, 3.8) is 0 Å². The molecule has 6 heteroatoms. The Morgan fingerprint density at radius 2 is 2.00 bits per heavy atom. The third kappa shape index (κ3) is 5.67. The van der Waals surface area contributed by atoms with E-state index in [0.29, 0.717) is 40.8 Å². The van der Waals surface area contributed by atoms with Gasteiger partial charge in [0, 0.05) is 59.6 Å². The fourth-order valence-electron chi connectivity index (χ4n) is 3.38. The normalized spacial score (nSPS) is 10.6. The topological polar surface area (TPSA) is 99.6 Å². The summed E-state index contributed by atoms with van der Waals surface area (Å²) >= 11 is 0. The van der Waals surface area contributed by atoms with Crippen molar-refractivity contribution in [3.8, 4) is 35.0 Å². The first-order chi connectivity index (χ1) is 14.8. The number of hydrogen-bond acceptors (Lipinski definition) is 5. The molecule has 2 rings (SSSR count). The number of esters is 1. The van der Waals surface area contributed by atoms with Gasteiger partial charge in [-0.05, 0) is 51.5 Å². The summed E-state index contributed by atoms with van der Waals surface area (Å²) in [5.74, 6) is 2.23. The zero-order valence-electron chi connectivity index (χ0n) is 18.2. The van der Waals surface area contributed by atoms with Crippen molar-refractivity contribution in [2.24, 2.45) is 5.73 Å². The third-order valence-electron chi connectivity index (χ3n) is 5.00. The first-order valence-corrected chi connectivity index (χ1v) is 10.2. The van der Waals surface area contributed by atoms with Gasteiger partial charge in [0.2, 0.25) is 0 Å². The molecule has 0 radical (unpaired) electrons. The summed E-state index contributed by atoms with van der Waals surface area (Å²) in [6.45, 7) is 7.49. The van der Waals surface area contributed by atoms with Gasteiger partial charge < -0.3 is 20.5 Å². The van der Waals surface area contributed by atoms with Gasteiger partial charge in [-0.1, -0.05) is 6.08 Å². The van der Waals surface area contributed by atoms with Crippen LogP contribution in [0.25, 0.3) is 11.1 Å². The number of unbranched alkanes of at least 4 members (excludes halogenated alkanes) is 1. The molecule has 0 fully saturated rings. The number of carbonyl (C=O) groups is 1. The Labute approximate surface area is 183 Å². The van der Waals surface area contributed by atoms with Crippen molar-refractivity contribution in [1.82, 2.24) is 0 Å². The van der Waals surface area contributed by atoms with Crippen LogP contribution in [0.4, 0.5) is 5.69 Å². The fraction of sp³-hybridized carbons (Fsp3) is 0.280. The number of nitrogen functional groups attached to an aromatic ring is 1. The number of allylic oxidation sites excluding steroid dienone is 1. The van der Waals surface area contributed by atoms with E-state index in [2.05, 4.69) is 10.8 Å². The summed E-state index contributed by atoms with van der Waals surface area (Å²) in [7, 11) is 0. The average Bonchev–Trinajstić information content (AvgIpc) is 2.74. The molecule has 6 nitrogen and oxygen atoms in total. The van der Waals surface area contributed by atoms with Crippen LogP contribution in [-0.4, -0.2) is 30.0 Å². The molecule has 0 aliphatic carbocycles. The summed E-state index contributed by atoms with van der Waals surface area (Å²) in [5.41, 5.74) is 8.81. The van der Waals surface area contributed by atoms with Crippen LogP contribution in [-0.2, 0) is 4.79 Å². The van der Waals surface area contributed by atoms with Crippen LogP contribution < -0.4 is 15.4 Å². The SMILES string of the molecule is C#CCCC=CC(=O)Oc1ccc(C(=N)N)c(-c2ccc(N(CC)CC)cc2O)c1C. The lowest BCUT2D eigenvalue weighted by atomic mass is 9.92. The number of terminal acetylenes is 1. The highest BCUT2D eigenvalue weighted by Gasteiger charge is 2.19. The van der Waals surface area contributed by atoms with Gasteiger partial charge in [0.1, 0.15) is 17.3 Å². The number of phenols is 1. The molecule has 0 saturated carbocycles. The summed E-state index contributed by atoms with van der Waals surface area (Å²) in [4.78, 5) is 14.3. The van der Waals surface area contributed by atoms with Crippen LogP contribution in [0.2, 0.25) is 0 Å². The Balaban J connectivity index is 2.48. The number of amidine groups is 1. The predicted molar refractivity (Wildman–Crippen MR) is 126 cm³/mol. The molecule has 2 aromatic rings. The summed E-state index contributed by atoms with van der Waals surface area (Å²) < 4.78 is 5.48. The number of ether oxygens (including phenoxy) is 1. The molecule has 0 heterocycles. The van der Waals surface area contributed by atoms with Crippen LogP contribution >= 0.6 is 0 Å². The molecule has 0 aromatic heterocycles. The van der Waals surface area contributed by atoms with E-state index in [1.54, 1.807) is 37.3 Å². The first-order valence-electron chi connectivity index (χ1n) is 10.2. The molecule has 0 aliphatic heterocycles. The van der Waals surface area contributed by atoms with Crippen molar-refractivity contribution < 1.29 is 14.6 Å². The second kappa shape index (κ2) is 10.9. The minimum atomic E-state index is -0.525. The molecule has 0 unspecified atom stereocenters. The van der Waals surface area contributed by atoms with Crippen molar-refractivity contribution in [2.75, 3.05) is 18.0 Å². The number of benzene rings is 2. The van der Waals surface area contributed by atoms with Gasteiger partial charge in [0.05, 0.1) is 0 Å². The number of aromatic hydroxyl groups is 1. The first kappa shape index (κ1) is 23.6. The number of nitrogens with two attached hydrogens (primary N) is 1. The monoisotopic (exact) mass is 419 g/mol. The Kier molecular flexibility index (Phi) is 8.27. The lowest BCUT2D eigenvalue weighted by Crippen LogP contribution is -2.21. The van der Waals surface area contributed by atoms with Crippen LogP contribution in [0, 0.1) is 24.7 Å². The van der Waals surface area contributed by atoms with Gasteiger partial charge >= 0.3 is 5.97 Å². The molecule has 2 aromatic carbocycles. The van der Waals surface area contributed by atoms with Gasteiger partial charge in [0.25, 0.3) is 0 Å². The number of carbonyl (C=O) groups excluding carboxylic acids is 1. The third-order valence-corrected chi connectivity index (χ3v) is 5.00. The summed E-state index contributed by atoms with van der Waals surface area (Å²) in [5, 5.41) is 18.7. The molecule has 4 N–H and O–H groups in total. The van der Waals surface area contributed by atoms with E-state index in [1.807, 2.05) is 19.9 Å². The van der Waals surface area contributed by atoms with Gasteiger partial charge in [-0.25, -0.2) is 4.79 Å². The van der Waals surface area contributed by atoms with Crippen LogP contribution in [0.5, 0.6) is 11.5 Å². The smallest absolute Gasteiger partial charge is 0.335 e. The van der Waals surface area contributed by atoms with E-state index < -0.39 is 5.97 Å². The molecule has 0 spiro atoms. The quantitative estimate of drug-likeness (QED) is 0.107. The molecular formula is C25H29N3O3. The van der Waals surface area contributed by atoms with Gasteiger partial charge in [-0.2, -0.15) is 0 Å². The number of nitrogens with zero attached hydrogens (tertiary/aromatic N) is 1. The minimum absolute atomic E-state index is 0.0626. The summed E-state index contributed by atoms with van der Waals surface area (Å²) in [6.07, 6.45) is 9.34. The number of nitrogens with one attached hydrogen (secondary N) is 1. The largest absolute Gasteiger partial charge is 0.507 e. The molecule has 0 atom stereocenters. The van der Waals surface area contributed by atoms with E-state index >= 15 is 0 Å². The van der Waals surface area contributed by atoms with Crippen molar-refractivity contribution in [3.05, 3.63) is 53.6 Å². The zero-order valence-corrected chi connectivity index (χ0v) is 18.2. The maximum atomic E-state index is 12.2. The highest BCUT2D eigenvalue weighted by atomic mass is 16.5. The lowest BCUT2D eigenvalue weighted by molar-refractivity contribution is -0.129. The van der Waals surface area contributed by atoms with Gasteiger partial charge in [0.15, 0.2) is 0 Å². The van der Waals surface area contributed by atoms with E-state index in [9.17, 15) is 9.90 Å². The predicted octanol–water partition coefficient (Wildman–Crippen LogP) is 4.37. The molecule has 0 aliphatic rings. The standard InChI is InChI=1S/C25H29N3O3/c1-5-8-9-10-11-23(30)31-22-15-14-20(25(26)27)24(17(22)4)19-13-12-18(16-21(19)29)28(6-2)7-3/h1,10-16,29H,6-9H2,2-4H3,(H3,26,27). The average molecular weight is 420 g/mol. The van der Waals surface area contributed by atoms with Crippen LogP contribution in [0.15, 0.2) is 42.5 Å². The lowest BCUT2D eigenvalue weighted by Gasteiger charge is -2.22. The van der Waals surface area contributed by atoms with Gasteiger partial charge in [-0.15, -0.1) is 12.3 Å².